The first-order chi connectivity index (χ1) is 20.2. The van der Waals surface area contributed by atoms with Gasteiger partial charge in [0.15, 0.2) is 0 Å². The zero-order valence-corrected chi connectivity index (χ0v) is 25.5. The molecule has 0 amide bonds. The minimum Gasteiger partial charge on any atom is -0.480 e. The third-order valence-electron chi connectivity index (χ3n) is 9.61. The number of likely N-dealkylation sites (N-methyl/N-ethyl adjacent to an activating group) is 1. The minimum atomic E-state index is -0.768. The Morgan fingerprint density at radius 1 is 1.14 bits per heavy atom. The average Bonchev–Trinajstić information content (AvgIpc) is 3.58. The predicted octanol–water partition coefficient (Wildman–Crippen LogP) is 5.81. The van der Waals surface area contributed by atoms with Crippen molar-refractivity contribution in [1.82, 2.24) is 24.6 Å². The number of halogens is 1. The zero-order valence-electron chi connectivity index (χ0n) is 25.5. The smallest absolute Gasteiger partial charge is 0.321 e. The molecule has 1 saturated carbocycles. The predicted molar refractivity (Wildman–Crippen MR) is 163 cm³/mol. The molecule has 2 aromatic heterocycles. The Hall–Kier alpha value is -3.10. The van der Waals surface area contributed by atoms with Crippen molar-refractivity contribution < 1.29 is 14.3 Å². The number of nitrogens with zero attached hydrogens (tertiary/aromatic N) is 5. The lowest BCUT2D eigenvalue weighted by Gasteiger charge is -2.35. The second-order valence-electron chi connectivity index (χ2n) is 12.7. The standard InChI is InChI=1S/C34H46FN5O2/c1-5-40-32(19-29(37-40)16-24-8-7-13-36-21-24)25-11-14-39(15-12-25)22-27-18-30(38(4)33(23(2)3)34(41)42)20-31(27)26-9-6-10-28(35)17-26/h6-10,13,17,19,21,23,25,27,30-31,33H,5,11-12,14-16,18,20,22H2,1-4H3,(H,41,42)/t27-,30+,31-,33-/m1/s1. The van der Waals surface area contributed by atoms with E-state index in [1.165, 1.54) is 17.3 Å². The first kappa shape index (κ1) is 30.4. The van der Waals surface area contributed by atoms with Crippen LogP contribution in [0.1, 0.15) is 80.8 Å². The molecule has 0 unspecified atom stereocenters. The third kappa shape index (κ3) is 6.92. The topological polar surface area (TPSA) is 74.5 Å². The van der Waals surface area contributed by atoms with Crippen molar-refractivity contribution in [2.24, 2.45) is 11.8 Å². The highest BCUT2D eigenvalue weighted by Crippen LogP contribution is 2.43. The molecular weight excluding hydrogens is 529 g/mol. The molecule has 4 atom stereocenters. The molecule has 42 heavy (non-hydrogen) atoms. The molecule has 5 rings (SSSR count). The number of rotatable bonds is 11. The molecule has 1 N–H and O–H groups in total. The summed E-state index contributed by atoms with van der Waals surface area (Å²) < 4.78 is 16.5. The highest BCUT2D eigenvalue weighted by atomic mass is 19.1. The molecule has 1 aliphatic heterocycles. The van der Waals surface area contributed by atoms with Gasteiger partial charge in [-0.3, -0.25) is 19.4 Å². The molecule has 0 radical (unpaired) electrons. The number of carboxylic acids is 1. The van der Waals surface area contributed by atoms with E-state index >= 15 is 0 Å². The number of hydrogen-bond donors (Lipinski definition) is 1. The molecule has 3 aromatic rings. The van der Waals surface area contributed by atoms with Crippen molar-refractivity contribution >= 4 is 5.97 Å². The summed E-state index contributed by atoms with van der Waals surface area (Å²) in [6.45, 7) is 9.97. The Balaban J connectivity index is 1.26. The molecule has 2 aliphatic rings. The van der Waals surface area contributed by atoms with Gasteiger partial charge in [0.25, 0.3) is 0 Å². The van der Waals surface area contributed by atoms with Crippen molar-refractivity contribution in [3.05, 3.63) is 83.2 Å². The van der Waals surface area contributed by atoms with E-state index in [0.717, 1.165) is 69.5 Å². The van der Waals surface area contributed by atoms with Gasteiger partial charge < -0.3 is 10.0 Å². The van der Waals surface area contributed by atoms with Gasteiger partial charge >= 0.3 is 5.97 Å². The molecule has 1 aliphatic carbocycles. The number of carbonyl (C=O) groups is 1. The highest BCUT2D eigenvalue weighted by molar-refractivity contribution is 5.73. The van der Waals surface area contributed by atoms with Crippen LogP contribution in [0.5, 0.6) is 0 Å². The van der Waals surface area contributed by atoms with E-state index in [0.29, 0.717) is 11.8 Å². The second kappa shape index (κ2) is 13.5. The van der Waals surface area contributed by atoms with Gasteiger partial charge in [-0.2, -0.15) is 5.10 Å². The normalized spacial score (nSPS) is 22.7. The fourth-order valence-corrected chi connectivity index (χ4v) is 7.54. The molecular formula is C34H46FN5O2. The Kier molecular flexibility index (Phi) is 9.74. The number of piperidine rings is 1. The van der Waals surface area contributed by atoms with Crippen LogP contribution in [0, 0.1) is 17.7 Å². The molecule has 0 bridgehead atoms. The fourth-order valence-electron chi connectivity index (χ4n) is 7.54. The van der Waals surface area contributed by atoms with Gasteiger partial charge in [0.05, 0.1) is 5.69 Å². The van der Waals surface area contributed by atoms with Crippen LogP contribution in [0.25, 0.3) is 0 Å². The lowest BCUT2D eigenvalue weighted by atomic mass is 9.87. The number of benzene rings is 1. The van der Waals surface area contributed by atoms with E-state index in [4.69, 9.17) is 5.10 Å². The van der Waals surface area contributed by atoms with Crippen molar-refractivity contribution in [1.29, 1.82) is 0 Å². The van der Waals surface area contributed by atoms with Crippen molar-refractivity contribution in [2.75, 3.05) is 26.7 Å². The molecule has 1 saturated heterocycles. The number of aryl methyl sites for hydroxylation is 1. The van der Waals surface area contributed by atoms with E-state index < -0.39 is 12.0 Å². The van der Waals surface area contributed by atoms with Crippen molar-refractivity contribution in [3.8, 4) is 0 Å². The first-order valence-corrected chi connectivity index (χ1v) is 15.6. The Labute approximate surface area is 249 Å². The summed E-state index contributed by atoms with van der Waals surface area (Å²) in [4.78, 5) is 21.0. The van der Waals surface area contributed by atoms with Crippen LogP contribution in [-0.2, 0) is 17.8 Å². The van der Waals surface area contributed by atoms with Crippen LogP contribution in [0.15, 0.2) is 54.9 Å². The third-order valence-corrected chi connectivity index (χ3v) is 9.61. The van der Waals surface area contributed by atoms with Gasteiger partial charge in [0.2, 0.25) is 0 Å². The number of likely N-dealkylation sites (tertiary alicyclic amines) is 1. The number of pyridine rings is 1. The van der Waals surface area contributed by atoms with Crippen LogP contribution in [-0.4, -0.2) is 74.4 Å². The molecule has 8 heteroatoms. The van der Waals surface area contributed by atoms with E-state index in [2.05, 4.69) is 38.5 Å². The number of aliphatic carboxylic acids is 1. The molecule has 0 spiro atoms. The molecule has 226 valence electrons. The highest BCUT2D eigenvalue weighted by Gasteiger charge is 2.42. The number of aromatic nitrogens is 3. The summed E-state index contributed by atoms with van der Waals surface area (Å²) in [6, 6.07) is 13.0. The van der Waals surface area contributed by atoms with Crippen LogP contribution < -0.4 is 0 Å². The summed E-state index contributed by atoms with van der Waals surface area (Å²) >= 11 is 0. The van der Waals surface area contributed by atoms with Crippen LogP contribution in [0.3, 0.4) is 0 Å². The van der Waals surface area contributed by atoms with Gasteiger partial charge in [0.1, 0.15) is 11.9 Å². The second-order valence-corrected chi connectivity index (χ2v) is 12.7. The fraction of sp³-hybridized carbons (Fsp3) is 0.559. The zero-order chi connectivity index (χ0) is 29.8. The van der Waals surface area contributed by atoms with Gasteiger partial charge in [-0.1, -0.05) is 32.0 Å². The first-order valence-electron chi connectivity index (χ1n) is 15.6. The number of carboxylic acid groups (broad SMARTS) is 1. The summed E-state index contributed by atoms with van der Waals surface area (Å²) in [5.74, 6) is 0.0913. The van der Waals surface area contributed by atoms with E-state index in [-0.39, 0.29) is 23.7 Å². The largest absolute Gasteiger partial charge is 0.480 e. The lowest BCUT2D eigenvalue weighted by molar-refractivity contribution is -0.145. The van der Waals surface area contributed by atoms with Gasteiger partial charge in [-0.15, -0.1) is 0 Å². The van der Waals surface area contributed by atoms with Gasteiger partial charge in [-0.25, -0.2) is 4.39 Å². The Morgan fingerprint density at radius 3 is 2.57 bits per heavy atom. The Bertz CT molecular complexity index is 1320. The monoisotopic (exact) mass is 575 g/mol. The van der Waals surface area contributed by atoms with E-state index in [1.54, 1.807) is 18.3 Å². The van der Waals surface area contributed by atoms with Crippen LogP contribution in [0.4, 0.5) is 4.39 Å². The SMILES string of the molecule is CCn1nc(Cc2cccnc2)cc1C1CCN(C[C@H]2C[C@H](N(C)[C@@H](C(=O)O)C(C)C)C[C@@H]2c2cccc(F)c2)CC1. The summed E-state index contributed by atoms with van der Waals surface area (Å²) in [7, 11) is 1.96. The lowest BCUT2D eigenvalue weighted by Crippen LogP contribution is -2.47. The van der Waals surface area contributed by atoms with Crippen LogP contribution in [0.2, 0.25) is 0 Å². The summed E-state index contributed by atoms with van der Waals surface area (Å²) in [5.41, 5.74) is 4.65. The van der Waals surface area contributed by atoms with Gasteiger partial charge in [0, 0.05) is 49.6 Å². The number of hydrogen-bond acceptors (Lipinski definition) is 5. The molecule has 2 fully saturated rings. The van der Waals surface area contributed by atoms with E-state index in [9.17, 15) is 14.3 Å². The van der Waals surface area contributed by atoms with Crippen molar-refractivity contribution in [3.63, 3.8) is 0 Å². The maximum Gasteiger partial charge on any atom is 0.321 e. The Morgan fingerprint density at radius 2 is 1.93 bits per heavy atom. The van der Waals surface area contributed by atoms with Gasteiger partial charge in [-0.05, 0) is 106 Å². The summed E-state index contributed by atoms with van der Waals surface area (Å²) in [5, 5.41) is 14.9. The van der Waals surface area contributed by atoms with E-state index in [1.807, 2.05) is 39.2 Å². The molecule has 1 aromatic carbocycles. The molecule has 3 heterocycles. The average molecular weight is 576 g/mol. The minimum absolute atomic E-state index is 0.0135. The maximum absolute atomic E-state index is 14.3. The quantitative estimate of drug-likeness (QED) is 0.311. The summed E-state index contributed by atoms with van der Waals surface area (Å²) in [6.07, 6.45) is 8.47. The molecule has 7 nitrogen and oxygen atoms in total. The van der Waals surface area contributed by atoms with Crippen LogP contribution >= 0.6 is 0 Å². The maximum atomic E-state index is 14.3. The van der Waals surface area contributed by atoms with Crippen molar-refractivity contribution in [2.45, 2.75) is 83.3 Å².